The van der Waals surface area contributed by atoms with Crippen molar-refractivity contribution in [2.45, 2.75) is 64.8 Å². The summed E-state index contributed by atoms with van der Waals surface area (Å²) in [7, 11) is 0. The summed E-state index contributed by atoms with van der Waals surface area (Å²) in [5, 5.41) is 22.0. The number of hydrogen-bond acceptors (Lipinski definition) is 10. The van der Waals surface area contributed by atoms with Gasteiger partial charge in [-0.2, -0.15) is 13.2 Å². The molecule has 52 heavy (non-hydrogen) atoms. The minimum Gasteiger partial charge on any atom is -0.504 e. The average molecular weight is 721 g/mol. The molecular formula is C34H32F4N10O4. The van der Waals surface area contributed by atoms with Crippen LogP contribution in [0, 0.1) is 19.7 Å². The van der Waals surface area contributed by atoms with Crippen molar-refractivity contribution in [3.8, 4) is 11.4 Å². The molecule has 5 heterocycles. The van der Waals surface area contributed by atoms with Gasteiger partial charge >= 0.3 is 6.18 Å². The van der Waals surface area contributed by atoms with Crippen molar-refractivity contribution in [1.29, 1.82) is 0 Å². The summed E-state index contributed by atoms with van der Waals surface area (Å²) in [6, 6.07) is 4.56. The lowest BCUT2D eigenvalue weighted by Gasteiger charge is -2.54. The van der Waals surface area contributed by atoms with Gasteiger partial charge in [0.1, 0.15) is 24.4 Å². The molecule has 1 saturated heterocycles. The number of hydrogen-bond donors (Lipinski definition) is 2. The molecule has 5 aromatic rings. The van der Waals surface area contributed by atoms with E-state index in [0.717, 1.165) is 6.07 Å². The molecule has 1 aliphatic heterocycles. The van der Waals surface area contributed by atoms with E-state index in [1.165, 1.54) is 15.7 Å². The maximum Gasteiger partial charge on any atom is 0.416 e. The van der Waals surface area contributed by atoms with E-state index in [-0.39, 0.29) is 65.6 Å². The summed E-state index contributed by atoms with van der Waals surface area (Å²) in [5.41, 5.74) is -0.0653. The van der Waals surface area contributed by atoms with Crippen LogP contribution in [0.15, 0.2) is 47.7 Å². The van der Waals surface area contributed by atoms with Gasteiger partial charge in [0.05, 0.1) is 28.7 Å². The highest BCUT2D eigenvalue weighted by molar-refractivity contribution is 5.96. The standard InChI is InChI=1S/C34H32F4N10O4/c1-4-23-29(45-11-12-46(25-8-7-24(25)45)33(52)28-30(50)18(3)40-16-41-28)31(51)27-32(44-48(43-27)20-9-10-39-17(2)13-20)47(23)15-26(49)42-22-6-5-19(14-21(22)35)34(36,37)38/h5-6,9-10,13-14,16,24-25,50H,4,7-8,11-12,15H2,1-3H3,(H,42,49)/t24-,25-/m0/s1. The van der Waals surface area contributed by atoms with Crippen molar-refractivity contribution in [1.82, 2.24) is 39.4 Å². The minimum absolute atomic E-state index is 0.0501. The van der Waals surface area contributed by atoms with Gasteiger partial charge in [-0.25, -0.2) is 14.4 Å². The molecule has 2 fully saturated rings. The Morgan fingerprint density at radius 1 is 1.02 bits per heavy atom. The van der Waals surface area contributed by atoms with Gasteiger partial charge in [-0.05, 0) is 63.4 Å². The van der Waals surface area contributed by atoms with Crippen LogP contribution in [0.5, 0.6) is 5.75 Å². The third-order valence-electron chi connectivity index (χ3n) is 9.54. The maximum atomic E-state index is 14.7. The number of aromatic hydroxyl groups is 1. The number of benzene rings is 1. The van der Waals surface area contributed by atoms with Crippen molar-refractivity contribution in [2.75, 3.05) is 23.3 Å². The number of carbonyl (C=O) groups is 2. The highest BCUT2D eigenvalue weighted by Crippen LogP contribution is 2.39. The van der Waals surface area contributed by atoms with Gasteiger partial charge in [-0.1, -0.05) is 6.92 Å². The molecule has 2 N–H and O–H groups in total. The van der Waals surface area contributed by atoms with Gasteiger partial charge in [0.2, 0.25) is 11.3 Å². The first-order valence-electron chi connectivity index (χ1n) is 16.5. The van der Waals surface area contributed by atoms with E-state index < -0.39 is 47.0 Å². The Hall–Kier alpha value is -5.94. The molecule has 0 bridgehead atoms. The third kappa shape index (κ3) is 5.96. The fraction of sp³-hybridized carbons (Fsp3) is 0.353. The number of anilines is 2. The zero-order chi connectivity index (χ0) is 37.1. The Morgan fingerprint density at radius 3 is 2.46 bits per heavy atom. The quantitative estimate of drug-likeness (QED) is 0.236. The highest BCUT2D eigenvalue weighted by Gasteiger charge is 2.47. The van der Waals surface area contributed by atoms with Crippen LogP contribution in [0.3, 0.4) is 0 Å². The van der Waals surface area contributed by atoms with E-state index in [4.69, 9.17) is 0 Å². The van der Waals surface area contributed by atoms with Crippen molar-refractivity contribution in [3.05, 3.63) is 87.2 Å². The number of amides is 2. The summed E-state index contributed by atoms with van der Waals surface area (Å²) in [5.74, 6) is -2.80. The molecule has 2 aliphatic rings. The zero-order valence-electron chi connectivity index (χ0n) is 28.1. The molecule has 1 aromatic carbocycles. The second-order valence-electron chi connectivity index (χ2n) is 12.7. The first-order chi connectivity index (χ1) is 24.8. The number of halogens is 4. The summed E-state index contributed by atoms with van der Waals surface area (Å²) in [6.45, 7) is 5.07. The fourth-order valence-corrected chi connectivity index (χ4v) is 6.88. The SMILES string of the molecule is CCc1c(N2CCN(C(=O)c3ncnc(C)c3O)[C@H]3CC[C@@H]32)c(=O)c2nn(-c3ccnc(C)c3)nc2n1CC(=O)Nc1ccc(C(F)(F)F)cc1F. The van der Waals surface area contributed by atoms with Crippen LogP contribution in [0.25, 0.3) is 16.9 Å². The second-order valence-corrected chi connectivity index (χ2v) is 12.7. The number of carbonyl (C=O) groups excluding carboxylic acids is 2. The van der Waals surface area contributed by atoms with Crippen molar-refractivity contribution in [2.24, 2.45) is 0 Å². The summed E-state index contributed by atoms with van der Waals surface area (Å²) < 4.78 is 55.7. The number of piperazine rings is 1. The molecule has 270 valence electrons. The van der Waals surface area contributed by atoms with E-state index in [1.54, 1.807) is 44.0 Å². The molecule has 1 aliphatic carbocycles. The van der Waals surface area contributed by atoms with E-state index in [1.807, 2.05) is 4.90 Å². The van der Waals surface area contributed by atoms with Crippen LogP contribution in [0.1, 0.15) is 52.9 Å². The molecule has 0 radical (unpaired) electrons. The predicted molar refractivity (Wildman–Crippen MR) is 179 cm³/mol. The minimum atomic E-state index is -4.77. The lowest BCUT2D eigenvalue weighted by Crippen LogP contribution is -2.67. The third-order valence-corrected chi connectivity index (χ3v) is 9.54. The first kappa shape index (κ1) is 34.5. The predicted octanol–water partition coefficient (Wildman–Crippen LogP) is 3.94. The molecule has 2 atom stereocenters. The van der Waals surface area contributed by atoms with Crippen molar-refractivity contribution in [3.63, 3.8) is 0 Å². The number of alkyl halides is 3. The summed E-state index contributed by atoms with van der Waals surface area (Å²) >= 11 is 0. The van der Waals surface area contributed by atoms with E-state index >= 15 is 0 Å². The lowest BCUT2D eigenvalue weighted by molar-refractivity contribution is -0.137. The number of fused-ring (bicyclic) bond motifs is 2. The van der Waals surface area contributed by atoms with Gasteiger partial charge in [0, 0.05) is 36.7 Å². The number of pyridine rings is 2. The van der Waals surface area contributed by atoms with Crippen LogP contribution in [0.4, 0.5) is 28.9 Å². The van der Waals surface area contributed by atoms with E-state index in [9.17, 15) is 37.1 Å². The number of nitrogens with one attached hydrogen (secondary N) is 1. The van der Waals surface area contributed by atoms with Gasteiger partial charge in [-0.15, -0.1) is 15.0 Å². The molecule has 18 heteroatoms. The number of aryl methyl sites for hydroxylation is 2. The second kappa shape index (κ2) is 13.0. The monoisotopic (exact) mass is 720 g/mol. The average Bonchev–Trinajstić information content (AvgIpc) is 3.54. The van der Waals surface area contributed by atoms with E-state index in [2.05, 4.69) is 30.5 Å². The largest absolute Gasteiger partial charge is 0.504 e. The molecule has 1 saturated carbocycles. The van der Waals surface area contributed by atoms with Gasteiger partial charge < -0.3 is 24.8 Å². The zero-order valence-corrected chi connectivity index (χ0v) is 28.1. The molecule has 14 nitrogen and oxygen atoms in total. The number of rotatable bonds is 7. The Morgan fingerprint density at radius 2 is 1.79 bits per heavy atom. The van der Waals surface area contributed by atoms with Crippen LogP contribution < -0.4 is 15.6 Å². The summed E-state index contributed by atoms with van der Waals surface area (Å²) in [4.78, 5) is 58.5. The maximum absolute atomic E-state index is 14.7. The normalized spacial score (nSPS) is 17.2. The van der Waals surface area contributed by atoms with Crippen LogP contribution in [-0.4, -0.2) is 81.5 Å². The topological polar surface area (TPSA) is 164 Å². The van der Waals surface area contributed by atoms with Crippen LogP contribution in [0.2, 0.25) is 0 Å². The highest BCUT2D eigenvalue weighted by atomic mass is 19.4. The number of nitrogens with zero attached hydrogens (tertiary/aromatic N) is 9. The van der Waals surface area contributed by atoms with E-state index in [0.29, 0.717) is 42.0 Å². The van der Waals surface area contributed by atoms with Crippen molar-refractivity contribution >= 4 is 34.4 Å². The van der Waals surface area contributed by atoms with Crippen molar-refractivity contribution < 1.29 is 32.3 Å². The molecular weight excluding hydrogens is 688 g/mol. The van der Waals surface area contributed by atoms with Gasteiger partial charge in [-0.3, -0.25) is 19.4 Å². The smallest absolute Gasteiger partial charge is 0.416 e. The molecule has 4 aromatic heterocycles. The van der Waals surface area contributed by atoms with Crippen LogP contribution in [-0.2, 0) is 23.9 Å². The molecule has 2 amide bonds. The Balaban J connectivity index is 1.29. The van der Waals surface area contributed by atoms with Gasteiger partial charge in [0.25, 0.3) is 5.91 Å². The van der Waals surface area contributed by atoms with Gasteiger partial charge in [0.15, 0.2) is 22.6 Å². The summed E-state index contributed by atoms with van der Waals surface area (Å²) in [6.07, 6.45) is -0.487. The Kier molecular flexibility index (Phi) is 8.62. The molecule has 0 unspecified atom stereocenters. The molecule has 7 rings (SSSR count). The Labute approximate surface area is 292 Å². The number of aromatic nitrogens is 7. The fourth-order valence-electron chi connectivity index (χ4n) is 6.88. The lowest BCUT2D eigenvalue weighted by atomic mass is 9.81. The molecule has 0 spiro atoms. The van der Waals surface area contributed by atoms with Crippen LogP contribution >= 0.6 is 0 Å². The Bertz CT molecular complexity index is 2310. The first-order valence-corrected chi connectivity index (χ1v) is 16.5.